The van der Waals surface area contributed by atoms with E-state index in [1.807, 2.05) is 37.3 Å². The first-order chi connectivity index (χ1) is 9.06. The fourth-order valence-corrected chi connectivity index (χ4v) is 2.36. The predicted octanol–water partition coefficient (Wildman–Crippen LogP) is 4.19. The number of nitrogens with two attached hydrogens (primary N) is 1. The summed E-state index contributed by atoms with van der Waals surface area (Å²) in [7, 11) is 0. The number of halogens is 2. The van der Waals surface area contributed by atoms with Gasteiger partial charge in [-0.25, -0.2) is 4.39 Å². The van der Waals surface area contributed by atoms with E-state index in [9.17, 15) is 4.39 Å². The highest BCUT2D eigenvalue weighted by Gasteiger charge is 2.07. The molecule has 0 aromatic heterocycles. The summed E-state index contributed by atoms with van der Waals surface area (Å²) < 4.78 is 19.7. The SMILES string of the molecule is CC(N)c1ccccc1OCc1cc(F)cc(Br)c1. The fraction of sp³-hybridized carbons (Fsp3) is 0.200. The monoisotopic (exact) mass is 323 g/mol. The maximum absolute atomic E-state index is 13.3. The fourth-order valence-electron chi connectivity index (χ4n) is 1.84. The van der Waals surface area contributed by atoms with E-state index in [1.165, 1.54) is 12.1 Å². The van der Waals surface area contributed by atoms with Crippen molar-refractivity contribution >= 4 is 15.9 Å². The average molecular weight is 324 g/mol. The Balaban J connectivity index is 2.14. The largest absolute Gasteiger partial charge is 0.489 e. The Morgan fingerprint density at radius 3 is 2.68 bits per heavy atom. The first kappa shape index (κ1) is 14.0. The lowest BCUT2D eigenvalue weighted by Crippen LogP contribution is -2.08. The van der Waals surface area contributed by atoms with Crippen LogP contribution >= 0.6 is 15.9 Å². The van der Waals surface area contributed by atoms with Gasteiger partial charge in [0.25, 0.3) is 0 Å². The maximum atomic E-state index is 13.3. The van der Waals surface area contributed by atoms with Crippen LogP contribution in [0.2, 0.25) is 0 Å². The number of para-hydroxylation sites is 1. The van der Waals surface area contributed by atoms with E-state index in [1.54, 1.807) is 0 Å². The van der Waals surface area contributed by atoms with Crippen molar-refractivity contribution in [2.45, 2.75) is 19.6 Å². The molecule has 2 aromatic rings. The highest BCUT2D eigenvalue weighted by molar-refractivity contribution is 9.10. The molecular weight excluding hydrogens is 309 g/mol. The van der Waals surface area contributed by atoms with Crippen LogP contribution in [-0.4, -0.2) is 0 Å². The van der Waals surface area contributed by atoms with E-state index in [4.69, 9.17) is 10.5 Å². The summed E-state index contributed by atoms with van der Waals surface area (Å²) in [5.74, 6) is 0.450. The number of hydrogen-bond donors (Lipinski definition) is 1. The molecule has 0 aliphatic rings. The molecular formula is C15H15BrFNO. The van der Waals surface area contributed by atoms with Crippen molar-refractivity contribution in [1.82, 2.24) is 0 Å². The molecule has 0 radical (unpaired) electrons. The van der Waals surface area contributed by atoms with Gasteiger partial charge >= 0.3 is 0 Å². The molecule has 0 aliphatic carbocycles. The summed E-state index contributed by atoms with van der Waals surface area (Å²) in [6.45, 7) is 2.21. The van der Waals surface area contributed by atoms with Gasteiger partial charge in [-0.3, -0.25) is 0 Å². The quantitative estimate of drug-likeness (QED) is 0.915. The Bertz CT molecular complexity index is 552. The first-order valence-electron chi connectivity index (χ1n) is 5.98. The van der Waals surface area contributed by atoms with Crippen LogP contribution in [0.3, 0.4) is 0 Å². The summed E-state index contributed by atoms with van der Waals surface area (Å²) in [6.07, 6.45) is 0. The average Bonchev–Trinajstić information content (AvgIpc) is 2.35. The molecule has 0 spiro atoms. The molecule has 19 heavy (non-hydrogen) atoms. The molecule has 1 unspecified atom stereocenters. The van der Waals surface area contributed by atoms with Crippen LogP contribution in [0.15, 0.2) is 46.9 Å². The van der Waals surface area contributed by atoms with Crippen LogP contribution in [0.1, 0.15) is 24.1 Å². The second kappa shape index (κ2) is 6.17. The molecule has 0 bridgehead atoms. The summed E-state index contributed by atoms with van der Waals surface area (Å²) in [5.41, 5.74) is 7.60. The van der Waals surface area contributed by atoms with E-state index in [0.717, 1.165) is 16.9 Å². The Morgan fingerprint density at radius 1 is 1.26 bits per heavy atom. The van der Waals surface area contributed by atoms with Gasteiger partial charge in [-0.15, -0.1) is 0 Å². The zero-order valence-electron chi connectivity index (χ0n) is 10.6. The van der Waals surface area contributed by atoms with Gasteiger partial charge in [-0.05, 0) is 36.8 Å². The van der Waals surface area contributed by atoms with Crippen molar-refractivity contribution in [3.8, 4) is 5.75 Å². The highest BCUT2D eigenvalue weighted by Crippen LogP contribution is 2.24. The lowest BCUT2D eigenvalue weighted by molar-refractivity contribution is 0.301. The number of ether oxygens (including phenoxy) is 1. The van der Waals surface area contributed by atoms with Gasteiger partial charge in [0.15, 0.2) is 0 Å². The van der Waals surface area contributed by atoms with E-state index in [0.29, 0.717) is 11.1 Å². The standard InChI is InChI=1S/C15H15BrFNO/c1-10(18)14-4-2-3-5-15(14)19-9-11-6-12(16)8-13(17)7-11/h2-8,10H,9,18H2,1H3. The summed E-state index contributed by atoms with van der Waals surface area (Å²) in [4.78, 5) is 0. The third-order valence-corrected chi connectivity index (χ3v) is 3.18. The summed E-state index contributed by atoms with van der Waals surface area (Å²) >= 11 is 3.26. The Hall–Kier alpha value is -1.39. The normalized spacial score (nSPS) is 12.2. The van der Waals surface area contributed by atoms with Crippen LogP contribution in [0.25, 0.3) is 0 Å². The van der Waals surface area contributed by atoms with E-state index in [2.05, 4.69) is 15.9 Å². The summed E-state index contributed by atoms with van der Waals surface area (Å²) in [6, 6.07) is 12.2. The van der Waals surface area contributed by atoms with Crippen molar-refractivity contribution < 1.29 is 9.13 Å². The van der Waals surface area contributed by atoms with Crippen molar-refractivity contribution in [2.75, 3.05) is 0 Å². The topological polar surface area (TPSA) is 35.2 Å². The molecule has 0 amide bonds. The lowest BCUT2D eigenvalue weighted by atomic mass is 10.1. The summed E-state index contributed by atoms with van der Waals surface area (Å²) in [5, 5.41) is 0. The third kappa shape index (κ3) is 3.78. The van der Waals surface area contributed by atoms with Crippen LogP contribution in [-0.2, 0) is 6.61 Å². The Labute approximate surface area is 120 Å². The van der Waals surface area contributed by atoms with Gasteiger partial charge in [-0.1, -0.05) is 34.1 Å². The lowest BCUT2D eigenvalue weighted by Gasteiger charge is -2.14. The minimum Gasteiger partial charge on any atom is -0.489 e. The molecule has 2 aromatic carbocycles. The van der Waals surface area contributed by atoms with Gasteiger partial charge < -0.3 is 10.5 Å². The predicted molar refractivity (Wildman–Crippen MR) is 77.5 cm³/mol. The Kier molecular flexibility index (Phi) is 4.56. The van der Waals surface area contributed by atoms with Gasteiger partial charge in [0.2, 0.25) is 0 Å². The molecule has 1 atom stereocenters. The molecule has 100 valence electrons. The number of hydrogen-bond acceptors (Lipinski definition) is 2. The van der Waals surface area contributed by atoms with Crippen molar-refractivity contribution in [2.24, 2.45) is 5.73 Å². The smallest absolute Gasteiger partial charge is 0.124 e. The van der Waals surface area contributed by atoms with E-state index >= 15 is 0 Å². The van der Waals surface area contributed by atoms with E-state index in [-0.39, 0.29) is 11.9 Å². The molecule has 2 N–H and O–H groups in total. The minimum atomic E-state index is -0.284. The van der Waals surface area contributed by atoms with Gasteiger partial charge in [-0.2, -0.15) is 0 Å². The molecule has 0 heterocycles. The second-order valence-electron chi connectivity index (χ2n) is 4.39. The highest BCUT2D eigenvalue weighted by atomic mass is 79.9. The van der Waals surface area contributed by atoms with Crippen LogP contribution in [0.4, 0.5) is 4.39 Å². The minimum absolute atomic E-state index is 0.101. The zero-order chi connectivity index (χ0) is 13.8. The molecule has 2 rings (SSSR count). The third-order valence-electron chi connectivity index (χ3n) is 2.73. The molecule has 0 saturated carbocycles. The molecule has 0 fully saturated rings. The van der Waals surface area contributed by atoms with Crippen molar-refractivity contribution in [3.05, 3.63) is 63.9 Å². The van der Waals surface area contributed by atoms with Crippen molar-refractivity contribution in [3.63, 3.8) is 0 Å². The Morgan fingerprint density at radius 2 is 2.00 bits per heavy atom. The molecule has 0 aliphatic heterocycles. The van der Waals surface area contributed by atoms with Gasteiger partial charge in [0, 0.05) is 16.1 Å². The molecule has 0 saturated heterocycles. The number of benzene rings is 2. The van der Waals surface area contributed by atoms with E-state index < -0.39 is 0 Å². The second-order valence-corrected chi connectivity index (χ2v) is 5.31. The molecule has 2 nitrogen and oxygen atoms in total. The van der Waals surface area contributed by atoms with Crippen LogP contribution < -0.4 is 10.5 Å². The zero-order valence-corrected chi connectivity index (χ0v) is 12.2. The van der Waals surface area contributed by atoms with Crippen molar-refractivity contribution in [1.29, 1.82) is 0 Å². The first-order valence-corrected chi connectivity index (χ1v) is 6.78. The van der Waals surface area contributed by atoms with Crippen LogP contribution in [0, 0.1) is 5.82 Å². The van der Waals surface area contributed by atoms with Crippen LogP contribution in [0.5, 0.6) is 5.75 Å². The van der Waals surface area contributed by atoms with Gasteiger partial charge in [0.05, 0.1) is 0 Å². The van der Waals surface area contributed by atoms with Gasteiger partial charge in [0.1, 0.15) is 18.2 Å². The molecule has 4 heteroatoms. The maximum Gasteiger partial charge on any atom is 0.124 e. The number of rotatable bonds is 4.